The second-order valence-electron chi connectivity index (χ2n) is 6.36. The summed E-state index contributed by atoms with van der Waals surface area (Å²) >= 11 is 1.30. The van der Waals surface area contributed by atoms with E-state index in [1.165, 1.54) is 28.3 Å². The third-order valence-electron chi connectivity index (χ3n) is 3.59. The Labute approximate surface area is 154 Å². The molecule has 0 fully saturated rings. The number of hydrogen-bond acceptors (Lipinski definition) is 6. The number of nitrogens with one attached hydrogen (secondary N) is 1. The lowest BCUT2D eigenvalue weighted by atomic mass is 10.1. The average molecular weight is 369 g/mol. The highest BCUT2D eigenvalue weighted by atomic mass is 32.1. The minimum atomic E-state index is -0.594. The Morgan fingerprint density at radius 1 is 1.19 bits per heavy atom. The lowest BCUT2D eigenvalue weighted by molar-refractivity contribution is 0.101. The molecule has 0 aliphatic rings. The van der Waals surface area contributed by atoms with Crippen LogP contribution in [0.4, 0.5) is 5.13 Å². The molecule has 2 heterocycles. The fraction of sp³-hybridized carbons (Fsp3) is 0.278. The molecule has 26 heavy (non-hydrogen) atoms. The van der Waals surface area contributed by atoms with Crippen LogP contribution in [0.25, 0.3) is 5.69 Å². The van der Waals surface area contributed by atoms with E-state index in [1.54, 1.807) is 0 Å². The molecule has 0 saturated carbocycles. The van der Waals surface area contributed by atoms with Crippen molar-refractivity contribution in [1.82, 2.24) is 20.0 Å². The van der Waals surface area contributed by atoms with Gasteiger partial charge in [0.15, 0.2) is 5.69 Å². The van der Waals surface area contributed by atoms with E-state index in [4.69, 9.17) is 0 Å². The molecule has 0 unspecified atom stereocenters. The number of anilines is 1. The number of hydrogen-bond donors (Lipinski definition) is 1. The Morgan fingerprint density at radius 3 is 2.62 bits per heavy atom. The summed E-state index contributed by atoms with van der Waals surface area (Å²) in [5, 5.41) is 16.0. The highest BCUT2D eigenvalue weighted by Crippen LogP contribution is 2.18. The van der Waals surface area contributed by atoms with Gasteiger partial charge in [0.1, 0.15) is 5.01 Å². The molecule has 0 bridgehead atoms. The molecule has 1 amide bonds. The molecule has 1 aromatic carbocycles. The van der Waals surface area contributed by atoms with Crippen LogP contribution in [0.1, 0.15) is 34.9 Å². The zero-order valence-corrected chi connectivity index (χ0v) is 15.6. The normalized spacial score (nSPS) is 10.9. The Kier molecular flexibility index (Phi) is 5.22. The van der Waals surface area contributed by atoms with Crippen LogP contribution in [0, 0.1) is 12.8 Å². The Balaban J connectivity index is 1.82. The molecule has 0 aliphatic carbocycles. The molecule has 8 heteroatoms. The van der Waals surface area contributed by atoms with Gasteiger partial charge < -0.3 is 0 Å². The molecule has 0 spiro atoms. The van der Waals surface area contributed by atoms with E-state index >= 15 is 0 Å². The minimum absolute atomic E-state index is 0.186. The third-order valence-corrected chi connectivity index (χ3v) is 4.45. The lowest BCUT2D eigenvalue weighted by Gasteiger charge is -2.07. The maximum Gasteiger partial charge on any atom is 0.282 e. The largest absolute Gasteiger partial charge is 0.295 e. The fourth-order valence-electron chi connectivity index (χ4n) is 2.30. The zero-order valence-electron chi connectivity index (χ0n) is 14.8. The first-order valence-electron chi connectivity index (χ1n) is 8.23. The standard InChI is InChI=1S/C18H19N5O2S/c1-11(2)10-15-20-21-18(26-15)19-17(25)16-14(24)8-9-23(22-16)13-6-4-12(3)5-7-13/h4-9,11H,10H2,1-3H3,(H,19,21,25). The van der Waals surface area contributed by atoms with Crippen LogP contribution in [0.5, 0.6) is 0 Å². The lowest BCUT2D eigenvalue weighted by Crippen LogP contribution is -2.25. The van der Waals surface area contributed by atoms with Crippen molar-refractivity contribution in [1.29, 1.82) is 0 Å². The van der Waals surface area contributed by atoms with Crippen molar-refractivity contribution in [2.45, 2.75) is 27.2 Å². The van der Waals surface area contributed by atoms with Crippen LogP contribution in [0.3, 0.4) is 0 Å². The van der Waals surface area contributed by atoms with Crippen LogP contribution in [0.15, 0.2) is 41.3 Å². The van der Waals surface area contributed by atoms with Gasteiger partial charge in [-0.2, -0.15) is 5.10 Å². The number of benzene rings is 1. The topological polar surface area (TPSA) is 89.8 Å². The summed E-state index contributed by atoms with van der Waals surface area (Å²) in [5.74, 6) is -0.146. The quantitative estimate of drug-likeness (QED) is 0.747. The zero-order chi connectivity index (χ0) is 18.7. The highest BCUT2D eigenvalue weighted by Gasteiger charge is 2.16. The molecular weight excluding hydrogens is 350 g/mol. The van der Waals surface area contributed by atoms with E-state index in [0.717, 1.165) is 22.7 Å². The molecule has 7 nitrogen and oxygen atoms in total. The van der Waals surface area contributed by atoms with Crippen LogP contribution in [-0.4, -0.2) is 25.9 Å². The summed E-state index contributed by atoms with van der Waals surface area (Å²) in [7, 11) is 0. The Morgan fingerprint density at radius 2 is 1.92 bits per heavy atom. The van der Waals surface area contributed by atoms with Crippen molar-refractivity contribution in [2.75, 3.05) is 5.32 Å². The van der Waals surface area contributed by atoms with Gasteiger partial charge in [-0.05, 0) is 25.0 Å². The second kappa shape index (κ2) is 7.57. The molecule has 1 N–H and O–H groups in total. The van der Waals surface area contributed by atoms with E-state index in [2.05, 4.69) is 34.5 Å². The molecule has 134 valence electrons. The first kappa shape index (κ1) is 17.9. The van der Waals surface area contributed by atoms with Crippen molar-refractivity contribution in [3.8, 4) is 5.69 Å². The molecular formula is C18H19N5O2S. The number of carbonyl (C=O) groups excluding carboxylic acids is 1. The van der Waals surface area contributed by atoms with E-state index in [1.807, 2.05) is 31.2 Å². The molecule has 2 aromatic heterocycles. The van der Waals surface area contributed by atoms with Gasteiger partial charge >= 0.3 is 0 Å². The monoisotopic (exact) mass is 369 g/mol. The summed E-state index contributed by atoms with van der Waals surface area (Å²) in [6.07, 6.45) is 2.33. The van der Waals surface area contributed by atoms with Crippen molar-refractivity contribution >= 4 is 22.4 Å². The predicted molar refractivity (Wildman–Crippen MR) is 101 cm³/mol. The van der Waals surface area contributed by atoms with Gasteiger partial charge in [0.05, 0.1) is 5.69 Å². The van der Waals surface area contributed by atoms with Crippen molar-refractivity contribution in [3.05, 3.63) is 63.0 Å². The predicted octanol–water partition coefficient (Wildman–Crippen LogP) is 2.84. The van der Waals surface area contributed by atoms with E-state index < -0.39 is 11.3 Å². The summed E-state index contributed by atoms with van der Waals surface area (Å²) < 4.78 is 1.50. The number of rotatable bonds is 5. The first-order chi connectivity index (χ1) is 12.4. The summed E-state index contributed by atoms with van der Waals surface area (Å²) in [5.41, 5.74) is 1.24. The Bertz CT molecular complexity index is 976. The molecule has 0 aliphatic heterocycles. The van der Waals surface area contributed by atoms with Gasteiger partial charge in [-0.1, -0.05) is 42.9 Å². The third kappa shape index (κ3) is 4.20. The molecule has 3 rings (SSSR count). The van der Waals surface area contributed by atoms with E-state index in [-0.39, 0.29) is 5.69 Å². The number of nitrogens with zero attached hydrogens (tertiary/aromatic N) is 4. The van der Waals surface area contributed by atoms with E-state index in [9.17, 15) is 9.59 Å². The number of amides is 1. The summed E-state index contributed by atoms with van der Waals surface area (Å²) in [6.45, 7) is 6.15. The number of aromatic nitrogens is 4. The summed E-state index contributed by atoms with van der Waals surface area (Å²) in [6, 6.07) is 8.94. The number of aryl methyl sites for hydroxylation is 1. The molecule has 3 aromatic rings. The van der Waals surface area contributed by atoms with Gasteiger partial charge in [0.25, 0.3) is 5.91 Å². The van der Waals surface area contributed by atoms with Crippen LogP contribution in [-0.2, 0) is 6.42 Å². The van der Waals surface area contributed by atoms with Gasteiger partial charge in [-0.15, -0.1) is 10.2 Å². The van der Waals surface area contributed by atoms with Crippen LogP contribution < -0.4 is 10.7 Å². The number of carbonyl (C=O) groups is 1. The average Bonchev–Trinajstić information content (AvgIpc) is 3.02. The molecule has 0 atom stereocenters. The molecule has 0 radical (unpaired) electrons. The first-order valence-corrected chi connectivity index (χ1v) is 9.05. The fourth-order valence-corrected chi connectivity index (χ4v) is 3.25. The van der Waals surface area contributed by atoms with Crippen molar-refractivity contribution < 1.29 is 4.79 Å². The SMILES string of the molecule is Cc1ccc(-n2ccc(=O)c(C(=O)Nc3nnc(CC(C)C)s3)n2)cc1. The van der Waals surface area contributed by atoms with Gasteiger partial charge in [-0.25, -0.2) is 4.68 Å². The van der Waals surface area contributed by atoms with E-state index in [0.29, 0.717) is 11.0 Å². The van der Waals surface area contributed by atoms with Gasteiger partial charge in [-0.3, -0.25) is 14.9 Å². The molecule has 0 saturated heterocycles. The highest BCUT2D eigenvalue weighted by molar-refractivity contribution is 7.15. The maximum atomic E-state index is 12.5. The Hall–Kier alpha value is -2.87. The maximum absolute atomic E-state index is 12.5. The van der Waals surface area contributed by atoms with Crippen molar-refractivity contribution in [3.63, 3.8) is 0 Å². The van der Waals surface area contributed by atoms with Crippen LogP contribution in [0.2, 0.25) is 0 Å². The van der Waals surface area contributed by atoms with Crippen LogP contribution >= 0.6 is 11.3 Å². The van der Waals surface area contributed by atoms with Gasteiger partial charge in [0.2, 0.25) is 10.6 Å². The second-order valence-corrected chi connectivity index (χ2v) is 7.42. The van der Waals surface area contributed by atoms with Gasteiger partial charge in [0, 0.05) is 18.7 Å². The minimum Gasteiger partial charge on any atom is -0.295 e. The van der Waals surface area contributed by atoms with Crippen molar-refractivity contribution in [2.24, 2.45) is 5.92 Å². The smallest absolute Gasteiger partial charge is 0.282 e. The summed E-state index contributed by atoms with van der Waals surface area (Å²) in [4.78, 5) is 24.5.